The van der Waals surface area contributed by atoms with Gasteiger partial charge in [-0.1, -0.05) is 29.8 Å². The highest BCUT2D eigenvalue weighted by Gasteiger charge is 2.18. The van der Waals surface area contributed by atoms with E-state index in [1.165, 1.54) is 11.3 Å². The molecule has 124 valence electrons. The second-order valence-electron chi connectivity index (χ2n) is 5.38. The first-order valence-corrected chi connectivity index (χ1v) is 8.66. The van der Waals surface area contributed by atoms with Crippen LogP contribution in [0.3, 0.4) is 0 Å². The Morgan fingerprint density at radius 3 is 2.88 bits per heavy atom. The van der Waals surface area contributed by atoms with Crippen molar-refractivity contribution in [2.24, 2.45) is 0 Å². The molecule has 1 aromatic heterocycles. The Hall–Kier alpha value is -2.11. The molecule has 0 bridgehead atoms. The van der Waals surface area contributed by atoms with E-state index >= 15 is 0 Å². The zero-order valence-electron chi connectivity index (χ0n) is 13.3. The van der Waals surface area contributed by atoms with Gasteiger partial charge in [-0.3, -0.25) is 0 Å². The highest BCUT2D eigenvalue weighted by Crippen LogP contribution is 2.27. The molecule has 3 rings (SSSR count). The quantitative estimate of drug-likeness (QED) is 0.614. The number of ether oxygens (including phenoxy) is 2. The lowest BCUT2D eigenvalue weighted by Gasteiger charge is -2.15. The zero-order valence-corrected chi connectivity index (χ0v) is 14.9. The van der Waals surface area contributed by atoms with E-state index in [0.29, 0.717) is 10.8 Å². The van der Waals surface area contributed by atoms with Gasteiger partial charge in [-0.15, -0.1) is 11.3 Å². The molecule has 0 fully saturated rings. The first kappa shape index (κ1) is 16.7. The van der Waals surface area contributed by atoms with E-state index in [9.17, 15) is 4.79 Å². The van der Waals surface area contributed by atoms with Crippen LogP contribution in [0.25, 0.3) is 10.2 Å². The van der Waals surface area contributed by atoms with Crippen LogP contribution in [0, 0.1) is 6.92 Å². The third-order valence-electron chi connectivity index (χ3n) is 3.40. The Morgan fingerprint density at radius 2 is 2.08 bits per heavy atom. The summed E-state index contributed by atoms with van der Waals surface area (Å²) in [6, 6.07) is 13.2. The molecular weight excluding hydrogens is 346 g/mol. The van der Waals surface area contributed by atoms with Gasteiger partial charge in [-0.2, -0.15) is 0 Å². The third-order valence-corrected chi connectivity index (χ3v) is 4.72. The molecule has 0 aliphatic heterocycles. The van der Waals surface area contributed by atoms with E-state index in [4.69, 9.17) is 21.1 Å². The van der Waals surface area contributed by atoms with Crippen LogP contribution in [0.15, 0.2) is 42.5 Å². The maximum Gasteiger partial charge on any atom is 0.347 e. The lowest BCUT2D eigenvalue weighted by molar-refractivity contribution is -0.152. The van der Waals surface area contributed by atoms with Crippen molar-refractivity contribution in [2.45, 2.75) is 26.6 Å². The maximum absolute atomic E-state index is 12.1. The van der Waals surface area contributed by atoms with Crippen molar-refractivity contribution in [3.05, 3.63) is 58.1 Å². The number of para-hydroxylation sites is 1. The van der Waals surface area contributed by atoms with Crippen LogP contribution in [0.4, 0.5) is 0 Å². The minimum Gasteiger partial charge on any atom is -0.477 e. The Morgan fingerprint density at radius 1 is 1.29 bits per heavy atom. The van der Waals surface area contributed by atoms with Crippen molar-refractivity contribution in [1.29, 1.82) is 0 Å². The molecule has 6 heteroatoms. The molecule has 1 atom stereocenters. The Balaban J connectivity index is 1.60. The fourth-order valence-corrected chi connectivity index (χ4v) is 3.21. The lowest BCUT2D eigenvalue weighted by Crippen LogP contribution is -2.26. The number of esters is 1. The van der Waals surface area contributed by atoms with Crippen LogP contribution in [0.2, 0.25) is 5.02 Å². The SMILES string of the molecule is Cc1ccc(Cl)c(OC(C)C(=O)OCc2nc3ccccc3s2)c1. The van der Waals surface area contributed by atoms with Crippen LogP contribution < -0.4 is 4.74 Å². The normalized spacial score (nSPS) is 12.1. The third kappa shape index (κ3) is 3.86. The number of carbonyl (C=O) groups is 1. The zero-order chi connectivity index (χ0) is 17.1. The van der Waals surface area contributed by atoms with E-state index < -0.39 is 12.1 Å². The van der Waals surface area contributed by atoms with Crippen molar-refractivity contribution < 1.29 is 14.3 Å². The minimum absolute atomic E-state index is 0.132. The molecule has 4 nitrogen and oxygen atoms in total. The molecular formula is C18H16ClNO3S. The summed E-state index contributed by atoms with van der Waals surface area (Å²) in [5.74, 6) is 0.0212. The number of hydrogen-bond donors (Lipinski definition) is 0. The predicted octanol–water partition coefficient (Wildman–Crippen LogP) is 4.77. The standard InChI is InChI=1S/C18H16ClNO3S/c1-11-7-8-13(19)15(9-11)23-12(2)18(21)22-10-17-20-14-5-3-4-6-16(14)24-17/h3-9,12H,10H2,1-2H3. The molecule has 0 radical (unpaired) electrons. The number of carbonyl (C=O) groups excluding carboxylic acids is 1. The Bertz CT molecular complexity index is 845. The van der Waals surface area contributed by atoms with Gasteiger partial charge in [0.05, 0.1) is 15.2 Å². The van der Waals surface area contributed by atoms with Gasteiger partial charge in [-0.05, 0) is 43.7 Å². The number of rotatable bonds is 5. The number of fused-ring (bicyclic) bond motifs is 1. The highest BCUT2D eigenvalue weighted by atomic mass is 35.5. The minimum atomic E-state index is -0.751. The largest absolute Gasteiger partial charge is 0.477 e. The molecule has 24 heavy (non-hydrogen) atoms. The summed E-state index contributed by atoms with van der Waals surface area (Å²) in [6.45, 7) is 3.70. The maximum atomic E-state index is 12.1. The summed E-state index contributed by atoms with van der Waals surface area (Å²) in [7, 11) is 0. The van der Waals surface area contributed by atoms with Crippen LogP contribution in [0.1, 0.15) is 17.5 Å². The number of hydrogen-bond acceptors (Lipinski definition) is 5. The second kappa shape index (κ2) is 7.20. The van der Waals surface area contributed by atoms with Crippen LogP contribution in [-0.2, 0) is 16.1 Å². The molecule has 0 saturated heterocycles. The number of aryl methyl sites for hydroxylation is 1. The summed E-state index contributed by atoms with van der Waals surface area (Å²) in [6.07, 6.45) is -0.751. The van der Waals surface area contributed by atoms with Crippen molar-refractivity contribution in [3.8, 4) is 5.75 Å². The predicted molar refractivity (Wildman–Crippen MR) is 95.7 cm³/mol. The Labute approximate surface area is 149 Å². The summed E-state index contributed by atoms with van der Waals surface area (Å²) in [4.78, 5) is 16.6. The first-order valence-electron chi connectivity index (χ1n) is 7.47. The molecule has 3 aromatic rings. The van der Waals surface area contributed by atoms with Crippen LogP contribution in [0.5, 0.6) is 5.75 Å². The van der Waals surface area contributed by atoms with E-state index in [1.54, 1.807) is 19.1 Å². The molecule has 0 aliphatic rings. The van der Waals surface area contributed by atoms with E-state index in [0.717, 1.165) is 20.8 Å². The fourth-order valence-electron chi connectivity index (χ4n) is 2.17. The van der Waals surface area contributed by atoms with Crippen molar-refractivity contribution in [3.63, 3.8) is 0 Å². The smallest absolute Gasteiger partial charge is 0.347 e. The fraction of sp³-hybridized carbons (Fsp3) is 0.222. The average Bonchev–Trinajstić information content (AvgIpc) is 2.98. The van der Waals surface area contributed by atoms with Gasteiger partial charge >= 0.3 is 5.97 Å². The molecule has 0 saturated carbocycles. The highest BCUT2D eigenvalue weighted by molar-refractivity contribution is 7.18. The lowest BCUT2D eigenvalue weighted by atomic mass is 10.2. The molecule has 1 unspecified atom stereocenters. The van der Waals surface area contributed by atoms with Crippen molar-refractivity contribution >= 4 is 39.1 Å². The molecule has 1 heterocycles. The number of nitrogens with zero attached hydrogens (tertiary/aromatic N) is 1. The van der Waals surface area contributed by atoms with Crippen molar-refractivity contribution in [1.82, 2.24) is 4.98 Å². The molecule has 0 N–H and O–H groups in total. The number of thiazole rings is 1. The van der Waals surface area contributed by atoms with E-state index in [-0.39, 0.29) is 6.61 Å². The van der Waals surface area contributed by atoms with Gasteiger partial charge in [0.25, 0.3) is 0 Å². The summed E-state index contributed by atoms with van der Waals surface area (Å²) < 4.78 is 12.0. The molecule has 0 aliphatic carbocycles. The Kier molecular flexibility index (Phi) is 5.02. The van der Waals surface area contributed by atoms with E-state index in [2.05, 4.69) is 4.98 Å². The molecule has 2 aromatic carbocycles. The summed E-state index contributed by atoms with van der Waals surface area (Å²) in [5.41, 5.74) is 1.91. The monoisotopic (exact) mass is 361 g/mol. The van der Waals surface area contributed by atoms with Gasteiger partial charge in [-0.25, -0.2) is 9.78 Å². The van der Waals surface area contributed by atoms with Gasteiger partial charge in [0.2, 0.25) is 0 Å². The summed E-state index contributed by atoms with van der Waals surface area (Å²) in [5, 5.41) is 1.22. The molecule has 0 spiro atoms. The average molecular weight is 362 g/mol. The van der Waals surface area contributed by atoms with Crippen molar-refractivity contribution in [2.75, 3.05) is 0 Å². The van der Waals surface area contributed by atoms with Crippen LogP contribution >= 0.6 is 22.9 Å². The van der Waals surface area contributed by atoms with E-state index in [1.807, 2.05) is 37.3 Å². The van der Waals surface area contributed by atoms with Gasteiger partial charge in [0.15, 0.2) is 6.10 Å². The first-order chi connectivity index (χ1) is 11.5. The summed E-state index contributed by atoms with van der Waals surface area (Å²) >= 11 is 7.59. The molecule has 0 amide bonds. The van der Waals surface area contributed by atoms with Gasteiger partial charge < -0.3 is 9.47 Å². The van der Waals surface area contributed by atoms with Gasteiger partial charge in [0.1, 0.15) is 17.4 Å². The van der Waals surface area contributed by atoms with Gasteiger partial charge in [0, 0.05) is 0 Å². The number of aromatic nitrogens is 1. The van der Waals surface area contributed by atoms with Crippen LogP contribution in [-0.4, -0.2) is 17.1 Å². The second-order valence-corrected chi connectivity index (χ2v) is 6.90. The number of halogens is 1. The number of benzene rings is 2. The topological polar surface area (TPSA) is 48.4 Å².